The highest BCUT2D eigenvalue weighted by Gasteiger charge is 2.14. The van der Waals surface area contributed by atoms with Crippen LogP contribution in [-0.2, 0) is 14.2 Å². The topological polar surface area (TPSA) is 95.7 Å². The van der Waals surface area contributed by atoms with E-state index in [2.05, 4.69) is 10.3 Å². The van der Waals surface area contributed by atoms with Gasteiger partial charge in [-0.2, -0.15) is 0 Å². The first kappa shape index (κ1) is 16.2. The summed E-state index contributed by atoms with van der Waals surface area (Å²) in [7, 11) is 1.62. The summed E-state index contributed by atoms with van der Waals surface area (Å²) < 4.78 is 15.1. The van der Waals surface area contributed by atoms with Gasteiger partial charge in [-0.15, -0.1) is 0 Å². The molecule has 0 aromatic carbocycles. The molecule has 0 aliphatic heterocycles. The van der Waals surface area contributed by atoms with Crippen LogP contribution >= 0.6 is 0 Å². The Bertz CT molecular complexity index is 426. The van der Waals surface area contributed by atoms with Crippen molar-refractivity contribution in [3.05, 3.63) is 17.8 Å². The van der Waals surface area contributed by atoms with Crippen LogP contribution in [-0.4, -0.2) is 51.0 Å². The van der Waals surface area contributed by atoms with Gasteiger partial charge in [0.05, 0.1) is 38.3 Å². The quantitative estimate of drug-likeness (QED) is 0.514. The molecule has 20 heavy (non-hydrogen) atoms. The Hall–Kier alpha value is -1.86. The number of pyridine rings is 1. The fourth-order valence-corrected chi connectivity index (χ4v) is 1.47. The molecule has 0 radical (unpaired) electrons. The highest BCUT2D eigenvalue weighted by Crippen LogP contribution is 2.16. The van der Waals surface area contributed by atoms with Gasteiger partial charge in [-0.3, -0.25) is 0 Å². The Labute approximate surface area is 118 Å². The number of nitrogens with zero attached hydrogens (tertiary/aromatic N) is 1. The number of anilines is 2. The average Bonchev–Trinajstić information content (AvgIpc) is 2.44. The number of rotatable bonds is 9. The summed E-state index contributed by atoms with van der Waals surface area (Å²) in [6.07, 6.45) is 1.48. The lowest BCUT2D eigenvalue weighted by molar-refractivity contribution is 0.0527. The van der Waals surface area contributed by atoms with Gasteiger partial charge < -0.3 is 25.3 Å². The van der Waals surface area contributed by atoms with Crippen LogP contribution in [0.3, 0.4) is 0 Å². The molecule has 0 unspecified atom stereocenters. The largest absolute Gasteiger partial charge is 0.462 e. The van der Waals surface area contributed by atoms with Gasteiger partial charge >= 0.3 is 5.97 Å². The van der Waals surface area contributed by atoms with E-state index in [1.165, 1.54) is 6.20 Å². The van der Waals surface area contributed by atoms with Gasteiger partial charge in [0.25, 0.3) is 0 Å². The molecule has 0 bridgehead atoms. The summed E-state index contributed by atoms with van der Waals surface area (Å²) in [5, 5.41) is 3.02. The fraction of sp³-hybridized carbons (Fsp3) is 0.538. The highest BCUT2D eigenvalue weighted by molar-refractivity contribution is 5.95. The predicted octanol–water partition coefficient (Wildman–Crippen LogP) is 0.915. The molecule has 0 aliphatic carbocycles. The van der Waals surface area contributed by atoms with Crippen LogP contribution in [0, 0.1) is 0 Å². The second-order valence-corrected chi connectivity index (χ2v) is 3.92. The van der Waals surface area contributed by atoms with Gasteiger partial charge in [-0.25, -0.2) is 9.78 Å². The van der Waals surface area contributed by atoms with Crippen LogP contribution in [0.15, 0.2) is 12.3 Å². The number of carbonyl (C=O) groups is 1. The molecule has 7 heteroatoms. The number of nitrogen functional groups attached to an aromatic ring is 1. The van der Waals surface area contributed by atoms with Gasteiger partial charge in [0.1, 0.15) is 11.4 Å². The SMILES string of the molecule is CCOC(=O)c1cc(N)cnc1NCCOCCOC. The number of hydrogen-bond acceptors (Lipinski definition) is 7. The monoisotopic (exact) mass is 283 g/mol. The van der Waals surface area contributed by atoms with Crippen molar-refractivity contribution in [2.24, 2.45) is 0 Å². The molecule has 1 aromatic rings. The van der Waals surface area contributed by atoms with Crippen molar-refractivity contribution in [3.63, 3.8) is 0 Å². The third-order valence-electron chi connectivity index (χ3n) is 2.37. The van der Waals surface area contributed by atoms with Crippen molar-refractivity contribution in [1.29, 1.82) is 0 Å². The van der Waals surface area contributed by atoms with E-state index in [1.54, 1.807) is 20.1 Å². The normalized spacial score (nSPS) is 10.3. The van der Waals surface area contributed by atoms with Gasteiger partial charge in [0, 0.05) is 13.7 Å². The van der Waals surface area contributed by atoms with Crippen LogP contribution in [0.5, 0.6) is 0 Å². The van der Waals surface area contributed by atoms with Crippen molar-refractivity contribution in [2.75, 3.05) is 51.1 Å². The molecule has 1 rings (SSSR count). The van der Waals surface area contributed by atoms with E-state index in [0.29, 0.717) is 50.0 Å². The number of hydrogen-bond donors (Lipinski definition) is 2. The summed E-state index contributed by atoms with van der Waals surface area (Å²) in [6.45, 7) is 4.12. The maximum Gasteiger partial charge on any atom is 0.341 e. The molecule has 7 nitrogen and oxygen atoms in total. The summed E-state index contributed by atoms with van der Waals surface area (Å²) >= 11 is 0. The molecule has 3 N–H and O–H groups in total. The molecule has 0 amide bonds. The van der Waals surface area contributed by atoms with Crippen LogP contribution in [0.25, 0.3) is 0 Å². The maximum atomic E-state index is 11.8. The number of aromatic nitrogens is 1. The lowest BCUT2D eigenvalue weighted by atomic mass is 10.2. The van der Waals surface area contributed by atoms with Gasteiger partial charge in [-0.1, -0.05) is 0 Å². The predicted molar refractivity (Wildman–Crippen MR) is 75.8 cm³/mol. The maximum absolute atomic E-state index is 11.8. The molecule has 0 fully saturated rings. The van der Waals surface area contributed by atoms with Crippen LogP contribution in [0.4, 0.5) is 11.5 Å². The Morgan fingerprint density at radius 3 is 2.90 bits per heavy atom. The molecule has 0 saturated heterocycles. The summed E-state index contributed by atoms with van der Waals surface area (Å²) in [4.78, 5) is 15.9. The van der Waals surface area contributed by atoms with Crippen molar-refractivity contribution < 1.29 is 19.0 Å². The molecule has 1 heterocycles. The number of nitrogens with one attached hydrogen (secondary N) is 1. The van der Waals surface area contributed by atoms with E-state index in [4.69, 9.17) is 19.9 Å². The Kier molecular flexibility index (Phi) is 7.38. The number of nitrogens with two attached hydrogens (primary N) is 1. The lowest BCUT2D eigenvalue weighted by Gasteiger charge is -2.11. The zero-order valence-electron chi connectivity index (χ0n) is 11.8. The minimum Gasteiger partial charge on any atom is -0.462 e. The minimum atomic E-state index is -0.449. The molecule has 0 aliphatic rings. The van der Waals surface area contributed by atoms with Crippen LogP contribution in [0.1, 0.15) is 17.3 Å². The van der Waals surface area contributed by atoms with Gasteiger partial charge in [-0.05, 0) is 13.0 Å². The van der Waals surface area contributed by atoms with Gasteiger partial charge in [0.2, 0.25) is 0 Å². The molecular weight excluding hydrogens is 262 g/mol. The number of methoxy groups -OCH3 is 1. The molecule has 0 spiro atoms. The van der Waals surface area contributed by atoms with Gasteiger partial charge in [0.15, 0.2) is 0 Å². The number of esters is 1. The first-order valence-corrected chi connectivity index (χ1v) is 6.42. The van der Waals surface area contributed by atoms with E-state index in [0.717, 1.165) is 0 Å². The average molecular weight is 283 g/mol. The number of ether oxygens (including phenoxy) is 3. The van der Waals surface area contributed by atoms with Crippen LogP contribution in [0.2, 0.25) is 0 Å². The van der Waals surface area contributed by atoms with Crippen molar-refractivity contribution in [2.45, 2.75) is 6.92 Å². The van der Waals surface area contributed by atoms with Crippen molar-refractivity contribution in [1.82, 2.24) is 4.98 Å². The van der Waals surface area contributed by atoms with E-state index in [1.807, 2.05) is 0 Å². The smallest absolute Gasteiger partial charge is 0.341 e. The molecule has 0 atom stereocenters. The number of carbonyl (C=O) groups excluding carboxylic acids is 1. The molecule has 0 saturated carbocycles. The molecule has 112 valence electrons. The van der Waals surface area contributed by atoms with Crippen molar-refractivity contribution in [3.8, 4) is 0 Å². The lowest BCUT2D eigenvalue weighted by Crippen LogP contribution is -2.16. The second-order valence-electron chi connectivity index (χ2n) is 3.92. The van der Waals surface area contributed by atoms with E-state index < -0.39 is 5.97 Å². The van der Waals surface area contributed by atoms with Crippen molar-refractivity contribution >= 4 is 17.5 Å². The van der Waals surface area contributed by atoms with Crippen LogP contribution < -0.4 is 11.1 Å². The third-order valence-corrected chi connectivity index (χ3v) is 2.37. The Morgan fingerprint density at radius 1 is 1.40 bits per heavy atom. The first-order chi connectivity index (χ1) is 9.69. The first-order valence-electron chi connectivity index (χ1n) is 6.42. The summed E-state index contributed by atoms with van der Waals surface area (Å²) in [5.74, 6) is -0.0110. The molecular formula is C13H21N3O4. The zero-order chi connectivity index (χ0) is 14.8. The summed E-state index contributed by atoms with van der Waals surface area (Å²) in [5.41, 5.74) is 6.37. The molecule has 1 aromatic heterocycles. The third kappa shape index (κ3) is 5.41. The highest BCUT2D eigenvalue weighted by atomic mass is 16.5. The van der Waals surface area contributed by atoms with E-state index in [9.17, 15) is 4.79 Å². The Morgan fingerprint density at radius 2 is 2.20 bits per heavy atom. The standard InChI is InChI=1S/C13H21N3O4/c1-3-20-13(17)11-8-10(14)9-16-12(11)15-4-5-19-7-6-18-2/h8-9H,3-7,14H2,1-2H3,(H,15,16). The fourth-order valence-electron chi connectivity index (χ4n) is 1.47. The Balaban J connectivity index is 2.53. The zero-order valence-corrected chi connectivity index (χ0v) is 11.8. The minimum absolute atomic E-state index is 0.299. The van der Waals surface area contributed by atoms with E-state index >= 15 is 0 Å². The second kappa shape index (κ2) is 9.11. The summed E-state index contributed by atoms with van der Waals surface area (Å²) in [6, 6.07) is 1.54. The van der Waals surface area contributed by atoms with E-state index in [-0.39, 0.29) is 0 Å².